The Morgan fingerprint density at radius 1 is 1.56 bits per heavy atom. The van der Waals surface area contributed by atoms with Crippen LogP contribution in [0, 0.1) is 12.7 Å². The van der Waals surface area contributed by atoms with Crippen LogP contribution in [0.25, 0.3) is 0 Å². The number of hydrogen-bond acceptors (Lipinski definition) is 3. The third kappa shape index (κ3) is 2.65. The van der Waals surface area contributed by atoms with Crippen LogP contribution >= 0.6 is 0 Å². The summed E-state index contributed by atoms with van der Waals surface area (Å²) in [4.78, 5) is 18.0. The van der Waals surface area contributed by atoms with E-state index in [4.69, 9.17) is 5.73 Å². The van der Waals surface area contributed by atoms with Gasteiger partial charge in [0, 0.05) is 5.56 Å². The van der Waals surface area contributed by atoms with Gasteiger partial charge in [0.05, 0.1) is 24.1 Å². The minimum atomic E-state index is -0.588. The number of primary amides is 1. The van der Waals surface area contributed by atoms with Crippen molar-refractivity contribution < 1.29 is 9.18 Å². The van der Waals surface area contributed by atoms with Gasteiger partial charge in [-0.05, 0) is 25.1 Å². The van der Waals surface area contributed by atoms with Gasteiger partial charge < -0.3 is 16.0 Å². The first-order valence-corrected chi connectivity index (χ1v) is 5.40. The van der Waals surface area contributed by atoms with Crippen molar-refractivity contribution in [1.29, 1.82) is 0 Å². The number of rotatable bonds is 4. The molecule has 0 aliphatic carbocycles. The number of nitrogens with one attached hydrogen (secondary N) is 2. The zero-order valence-corrected chi connectivity index (χ0v) is 9.83. The largest absolute Gasteiger partial charge is 0.377 e. The maximum Gasteiger partial charge on any atom is 0.248 e. The van der Waals surface area contributed by atoms with Crippen LogP contribution in [0.2, 0.25) is 0 Å². The van der Waals surface area contributed by atoms with Crippen molar-refractivity contribution in [3.05, 3.63) is 47.3 Å². The molecule has 0 aliphatic rings. The van der Waals surface area contributed by atoms with E-state index in [1.54, 1.807) is 6.20 Å². The summed E-state index contributed by atoms with van der Waals surface area (Å²) in [5.41, 5.74) is 6.47. The molecule has 1 aromatic carbocycles. The fraction of sp³-hybridized carbons (Fsp3) is 0.167. The lowest BCUT2D eigenvalue weighted by molar-refractivity contribution is 0.100. The molecule has 0 bridgehead atoms. The van der Waals surface area contributed by atoms with Crippen LogP contribution in [0.1, 0.15) is 21.9 Å². The fourth-order valence-corrected chi connectivity index (χ4v) is 1.57. The minimum Gasteiger partial charge on any atom is -0.377 e. The normalized spacial score (nSPS) is 10.3. The van der Waals surface area contributed by atoms with E-state index in [1.807, 2.05) is 6.92 Å². The Kier molecular flexibility index (Phi) is 3.27. The molecule has 1 heterocycles. The van der Waals surface area contributed by atoms with E-state index in [0.717, 1.165) is 11.5 Å². The molecule has 18 heavy (non-hydrogen) atoms. The Bertz CT molecular complexity index is 579. The third-order valence-electron chi connectivity index (χ3n) is 2.48. The van der Waals surface area contributed by atoms with Crippen molar-refractivity contribution in [2.24, 2.45) is 5.73 Å². The Morgan fingerprint density at radius 3 is 2.94 bits per heavy atom. The van der Waals surface area contributed by atoms with E-state index >= 15 is 0 Å². The number of nitrogens with two attached hydrogens (primary N) is 1. The zero-order chi connectivity index (χ0) is 13.1. The molecule has 0 fully saturated rings. The lowest BCUT2D eigenvalue weighted by atomic mass is 10.2. The van der Waals surface area contributed by atoms with E-state index in [1.165, 1.54) is 18.2 Å². The minimum absolute atomic E-state index is 0.235. The number of anilines is 1. The molecule has 0 radical (unpaired) electrons. The van der Waals surface area contributed by atoms with Gasteiger partial charge in [0.2, 0.25) is 5.91 Å². The molecular weight excluding hydrogens is 235 g/mol. The van der Waals surface area contributed by atoms with Crippen LogP contribution in [0.3, 0.4) is 0 Å². The standard InChI is InChI=1S/C12H13FN4O/c1-7-15-5-9(17-7)6-16-11-4-8(12(14)18)2-3-10(11)13/h2-5,16H,6H2,1H3,(H2,14,18)(H,15,17). The Hall–Kier alpha value is -2.37. The SMILES string of the molecule is Cc1ncc(CNc2cc(C(N)=O)ccc2F)[nH]1. The number of aromatic amines is 1. The average Bonchev–Trinajstić information content (AvgIpc) is 2.74. The van der Waals surface area contributed by atoms with Crippen molar-refractivity contribution >= 4 is 11.6 Å². The van der Waals surface area contributed by atoms with Gasteiger partial charge in [-0.2, -0.15) is 0 Å². The highest BCUT2D eigenvalue weighted by atomic mass is 19.1. The molecule has 5 nitrogen and oxygen atoms in total. The summed E-state index contributed by atoms with van der Waals surface area (Å²) in [5.74, 6) is -0.232. The van der Waals surface area contributed by atoms with Crippen molar-refractivity contribution in [1.82, 2.24) is 9.97 Å². The summed E-state index contributed by atoms with van der Waals surface area (Å²) < 4.78 is 13.5. The van der Waals surface area contributed by atoms with E-state index in [9.17, 15) is 9.18 Å². The number of imidazole rings is 1. The predicted octanol–water partition coefficient (Wildman–Crippen LogP) is 1.57. The number of carbonyl (C=O) groups is 1. The molecule has 1 amide bonds. The molecule has 0 unspecified atom stereocenters. The van der Waals surface area contributed by atoms with Gasteiger partial charge in [0.25, 0.3) is 0 Å². The van der Waals surface area contributed by atoms with Crippen LogP contribution in [0.15, 0.2) is 24.4 Å². The number of amides is 1. The number of aryl methyl sites for hydroxylation is 1. The number of aromatic nitrogens is 2. The highest BCUT2D eigenvalue weighted by Gasteiger charge is 2.07. The average molecular weight is 248 g/mol. The zero-order valence-electron chi connectivity index (χ0n) is 9.83. The first-order valence-electron chi connectivity index (χ1n) is 5.40. The van der Waals surface area contributed by atoms with Gasteiger partial charge in [-0.25, -0.2) is 9.37 Å². The highest BCUT2D eigenvalue weighted by molar-refractivity contribution is 5.93. The first-order chi connectivity index (χ1) is 8.56. The van der Waals surface area contributed by atoms with Crippen LogP contribution in [-0.2, 0) is 6.54 Å². The molecule has 0 atom stereocenters. The van der Waals surface area contributed by atoms with Crippen LogP contribution < -0.4 is 11.1 Å². The molecule has 0 saturated carbocycles. The molecule has 2 rings (SSSR count). The van der Waals surface area contributed by atoms with Gasteiger partial charge in [-0.3, -0.25) is 4.79 Å². The van der Waals surface area contributed by atoms with Gasteiger partial charge in [-0.1, -0.05) is 0 Å². The Morgan fingerprint density at radius 2 is 2.33 bits per heavy atom. The molecule has 2 aromatic rings. The van der Waals surface area contributed by atoms with E-state index in [0.29, 0.717) is 6.54 Å². The summed E-state index contributed by atoms with van der Waals surface area (Å²) in [6.07, 6.45) is 1.66. The molecular formula is C12H13FN4O. The molecule has 0 aliphatic heterocycles. The van der Waals surface area contributed by atoms with Crippen LogP contribution in [-0.4, -0.2) is 15.9 Å². The first kappa shape index (κ1) is 12.1. The molecule has 0 saturated heterocycles. The number of carbonyl (C=O) groups excluding carboxylic acids is 1. The van der Waals surface area contributed by atoms with Gasteiger partial charge >= 0.3 is 0 Å². The van der Waals surface area contributed by atoms with E-state index < -0.39 is 11.7 Å². The summed E-state index contributed by atoms with van der Waals surface area (Å²) in [5, 5.41) is 2.88. The summed E-state index contributed by atoms with van der Waals surface area (Å²) in [6, 6.07) is 3.95. The Balaban J connectivity index is 2.13. The molecule has 0 spiro atoms. The van der Waals surface area contributed by atoms with Crippen LogP contribution in [0.4, 0.5) is 10.1 Å². The third-order valence-corrected chi connectivity index (χ3v) is 2.48. The second kappa shape index (κ2) is 4.87. The summed E-state index contributed by atoms with van der Waals surface area (Å²) in [7, 11) is 0. The fourth-order valence-electron chi connectivity index (χ4n) is 1.57. The highest BCUT2D eigenvalue weighted by Crippen LogP contribution is 2.16. The smallest absolute Gasteiger partial charge is 0.248 e. The Labute approximate surface area is 103 Å². The van der Waals surface area contributed by atoms with Crippen LogP contribution in [0.5, 0.6) is 0 Å². The van der Waals surface area contributed by atoms with Crippen molar-refractivity contribution in [2.45, 2.75) is 13.5 Å². The molecule has 94 valence electrons. The molecule has 4 N–H and O–H groups in total. The number of benzene rings is 1. The topological polar surface area (TPSA) is 83.8 Å². The monoisotopic (exact) mass is 248 g/mol. The number of H-pyrrole nitrogens is 1. The van der Waals surface area contributed by atoms with E-state index in [2.05, 4.69) is 15.3 Å². The van der Waals surface area contributed by atoms with Crippen molar-refractivity contribution in [2.75, 3.05) is 5.32 Å². The number of halogens is 1. The second-order valence-electron chi connectivity index (χ2n) is 3.91. The lowest BCUT2D eigenvalue weighted by Gasteiger charge is -2.07. The van der Waals surface area contributed by atoms with Gasteiger partial charge in [-0.15, -0.1) is 0 Å². The number of nitrogens with zero attached hydrogens (tertiary/aromatic N) is 1. The quantitative estimate of drug-likeness (QED) is 0.767. The molecule has 1 aromatic heterocycles. The summed E-state index contributed by atoms with van der Waals surface area (Å²) >= 11 is 0. The maximum absolute atomic E-state index is 13.5. The number of hydrogen-bond donors (Lipinski definition) is 3. The maximum atomic E-state index is 13.5. The lowest BCUT2D eigenvalue weighted by Crippen LogP contribution is -2.12. The molecule has 6 heteroatoms. The second-order valence-corrected chi connectivity index (χ2v) is 3.91. The van der Waals surface area contributed by atoms with Crippen molar-refractivity contribution in [3.63, 3.8) is 0 Å². The predicted molar refractivity (Wildman–Crippen MR) is 65.6 cm³/mol. The summed E-state index contributed by atoms with van der Waals surface area (Å²) in [6.45, 7) is 2.22. The van der Waals surface area contributed by atoms with E-state index in [-0.39, 0.29) is 11.3 Å². The van der Waals surface area contributed by atoms with Crippen molar-refractivity contribution in [3.8, 4) is 0 Å². The van der Waals surface area contributed by atoms with Gasteiger partial charge in [0.1, 0.15) is 11.6 Å². The van der Waals surface area contributed by atoms with Gasteiger partial charge in [0.15, 0.2) is 0 Å².